The molecule has 1 aromatic heterocycles. The molecule has 3 rings (SSSR count). The van der Waals surface area contributed by atoms with Crippen LogP contribution < -0.4 is 10.1 Å². The molecule has 0 saturated carbocycles. The van der Waals surface area contributed by atoms with Crippen LogP contribution in [0.3, 0.4) is 0 Å². The summed E-state index contributed by atoms with van der Waals surface area (Å²) in [6.45, 7) is 2.84. The van der Waals surface area contributed by atoms with E-state index in [4.69, 9.17) is 16.3 Å². The van der Waals surface area contributed by atoms with E-state index in [2.05, 4.69) is 27.6 Å². The highest BCUT2D eigenvalue weighted by Crippen LogP contribution is 2.23. The van der Waals surface area contributed by atoms with Crippen LogP contribution >= 0.6 is 23.4 Å². The van der Waals surface area contributed by atoms with E-state index in [0.29, 0.717) is 22.5 Å². The van der Waals surface area contributed by atoms with Crippen LogP contribution in [0.5, 0.6) is 5.75 Å². The molecule has 1 amide bonds. The first kappa shape index (κ1) is 21.2. The van der Waals surface area contributed by atoms with Gasteiger partial charge in [0.15, 0.2) is 11.0 Å². The largest absolute Gasteiger partial charge is 0.485 e. The van der Waals surface area contributed by atoms with E-state index < -0.39 is 0 Å². The Kier molecular flexibility index (Phi) is 7.55. The Morgan fingerprint density at radius 3 is 2.76 bits per heavy atom. The fourth-order valence-corrected chi connectivity index (χ4v) is 3.67. The number of hydrogen-bond acceptors (Lipinski definition) is 5. The van der Waals surface area contributed by atoms with Crippen LogP contribution in [-0.4, -0.2) is 33.0 Å². The normalized spacial score (nSPS) is 10.7. The molecule has 3 aromatic rings. The van der Waals surface area contributed by atoms with E-state index in [9.17, 15) is 4.79 Å². The first-order valence-corrected chi connectivity index (χ1v) is 10.6. The molecule has 1 N–H and O–H groups in total. The van der Waals surface area contributed by atoms with Crippen molar-refractivity contribution in [3.05, 3.63) is 70.5 Å². The summed E-state index contributed by atoms with van der Waals surface area (Å²) in [5.74, 6) is 1.71. The van der Waals surface area contributed by atoms with Gasteiger partial charge in [0.2, 0.25) is 5.91 Å². The van der Waals surface area contributed by atoms with E-state index >= 15 is 0 Å². The summed E-state index contributed by atoms with van der Waals surface area (Å²) in [4.78, 5) is 12.1. The molecule has 0 aliphatic carbocycles. The average molecular weight is 431 g/mol. The molecular weight excluding hydrogens is 408 g/mol. The number of halogens is 1. The van der Waals surface area contributed by atoms with Gasteiger partial charge in [-0.15, -0.1) is 10.2 Å². The highest BCUT2D eigenvalue weighted by molar-refractivity contribution is 7.99. The zero-order chi connectivity index (χ0) is 20.6. The fraction of sp³-hybridized carbons (Fsp3) is 0.286. The summed E-state index contributed by atoms with van der Waals surface area (Å²) in [6, 6.07) is 15.6. The van der Waals surface area contributed by atoms with E-state index in [1.54, 1.807) is 6.07 Å². The van der Waals surface area contributed by atoms with Crippen LogP contribution in [0, 0.1) is 6.92 Å². The number of carbonyl (C=O) groups excluding carboxylic acids is 1. The monoisotopic (exact) mass is 430 g/mol. The molecule has 0 fully saturated rings. The first-order chi connectivity index (χ1) is 14.0. The third kappa shape index (κ3) is 6.24. The Labute approximate surface area is 179 Å². The number of ether oxygens (including phenoxy) is 1. The molecule has 29 heavy (non-hydrogen) atoms. The second kappa shape index (κ2) is 10.3. The van der Waals surface area contributed by atoms with Gasteiger partial charge in [0.05, 0.1) is 5.75 Å². The molecule has 0 radical (unpaired) electrons. The molecule has 6 nitrogen and oxygen atoms in total. The van der Waals surface area contributed by atoms with Crippen molar-refractivity contribution in [2.24, 2.45) is 7.05 Å². The molecule has 8 heteroatoms. The smallest absolute Gasteiger partial charge is 0.230 e. The van der Waals surface area contributed by atoms with Crippen LogP contribution in [-0.2, 0) is 24.9 Å². The molecule has 0 aliphatic rings. The quantitative estimate of drug-likeness (QED) is 0.523. The number of nitrogens with zero attached hydrogens (tertiary/aromatic N) is 3. The zero-order valence-corrected chi connectivity index (χ0v) is 18.0. The van der Waals surface area contributed by atoms with E-state index in [0.717, 1.165) is 17.7 Å². The van der Waals surface area contributed by atoms with Crippen LogP contribution in [0.4, 0.5) is 0 Å². The Morgan fingerprint density at radius 1 is 1.21 bits per heavy atom. The first-order valence-electron chi connectivity index (χ1n) is 9.23. The van der Waals surface area contributed by atoms with Gasteiger partial charge in [0.1, 0.15) is 12.4 Å². The average Bonchev–Trinajstić information content (AvgIpc) is 3.06. The lowest BCUT2D eigenvalue weighted by Crippen LogP contribution is -2.27. The Morgan fingerprint density at radius 2 is 2.00 bits per heavy atom. The maximum atomic E-state index is 12.1. The Balaban J connectivity index is 1.44. The number of hydrogen-bond donors (Lipinski definition) is 1. The third-order valence-corrected chi connectivity index (χ3v) is 5.59. The van der Waals surface area contributed by atoms with Gasteiger partial charge in [0.25, 0.3) is 0 Å². The summed E-state index contributed by atoms with van der Waals surface area (Å²) in [5, 5.41) is 12.6. The van der Waals surface area contributed by atoms with Crippen molar-refractivity contribution in [2.45, 2.75) is 25.1 Å². The standard InChI is InChI=1S/C21H23ClN4O2S/c1-15-12-17(22)8-9-18(15)28-13-19-24-25-21(26(19)2)29-14-20(27)23-11-10-16-6-4-3-5-7-16/h3-9,12H,10-11,13-14H2,1-2H3,(H,23,27). The zero-order valence-electron chi connectivity index (χ0n) is 16.4. The van der Waals surface area contributed by atoms with Gasteiger partial charge >= 0.3 is 0 Å². The fourth-order valence-electron chi connectivity index (χ4n) is 2.69. The minimum atomic E-state index is -0.0245. The van der Waals surface area contributed by atoms with Crippen LogP contribution in [0.15, 0.2) is 53.7 Å². The van der Waals surface area contributed by atoms with E-state index in [-0.39, 0.29) is 18.3 Å². The van der Waals surface area contributed by atoms with Gasteiger partial charge in [0, 0.05) is 18.6 Å². The number of amides is 1. The molecule has 0 unspecified atom stereocenters. The van der Waals surface area contributed by atoms with Gasteiger partial charge < -0.3 is 14.6 Å². The van der Waals surface area contributed by atoms with Crippen molar-refractivity contribution in [3.8, 4) is 5.75 Å². The third-order valence-electron chi connectivity index (χ3n) is 4.33. The minimum absolute atomic E-state index is 0.0245. The van der Waals surface area contributed by atoms with Crippen molar-refractivity contribution in [1.29, 1.82) is 0 Å². The maximum Gasteiger partial charge on any atom is 0.230 e. The Bertz CT molecular complexity index is 963. The number of thioether (sulfide) groups is 1. The van der Waals surface area contributed by atoms with Gasteiger partial charge in [-0.3, -0.25) is 4.79 Å². The summed E-state index contributed by atoms with van der Waals surface area (Å²) in [6.07, 6.45) is 0.812. The summed E-state index contributed by atoms with van der Waals surface area (Å²) < 4.78 is 7.66. The molecule has 0 spiro atoms. The van der Waals surface area contributed by atoms with Gasteiger partial charge in [-0.1, -0.05) is 53.7 Å². The Hall–Kier alpha value is -2.51. The molecule has 2 aromatic carbocycles. The highest BCUT2D eigenvalue weighted by atomic mass is 35.5. The summed E-state index contributed by atoms with van der Waals surface area (Å²) in [5.41, 5.74) is 2.16. The molecule has 0 atom stereocenters. The molecular formula is C21H23ClN4O2S. The maximum absolute atomic E-state index is 12.1. The number of aryl methyl sites for hydroxylation is 1. The lowest BCUT2D eigenvalue weighted by molar-refractivity contribution is -0.118. The molecule has 1 heterocycles. The molecule has 152 valence electrons. The summed E-state index contributed by atoms with van der Waals surface area (Å²) >= 11 is 7.32. The lowest BCUT2D eigenvalue weighted by atomic mass is 10.1. The molecule has 0 aliphatic heterocycles. The van der Waals surface area contributed by atoms with E-state index in [1.165, 1.54) is 17.3 Å². The summed E-state index contributed by atoms with van der Waals surface area (Å²) in [7, 11) is 1.86. The lowest BCUT2D eigenvalue weighted by Gasteiger charge is -2.09. The van der Waals surface area contributed by atoms with Crippen molar-refractivity contribution < 1.29 is 9.53 Å². The van der Waals surface area contributed by atoms with Gasteiger partial charge in [-0.05, 0) is 42.7 Å². The van der Waals surface area contributed by atoms with Crippen molar-refractivity contribution in [2.75, 3.05) is 12.3 Å². The van der Waals surface area contributed by atoms with Gasteiger partial charge in [-0.25, -0.2) is 0 Å². The molecule has 0 saturated heterocycles. The number of nitrogens with one attached hydrogen (secondary N) is 1. The number of aromatic nitrogens is 3. The molecule has 0 bridgehead atoms. The second-order valence-electron chi connectivity index (χ2n) is 6.53. The minimum Gasteiger partial charge on any atom is -0.485 e. The predicted molar refractivity (Wildman–Crippen MR) is 115 cm³/mol. The number of carbonyl (C=O) groups is 1. The van der Waals surface area contributed by atoms with Crippen LogP contribution in [0.2, 0.25) is 5.02 Å². The van der Waals surface area contributed by atoms with Crippen molar-refractivity contribution in [1.82, 2.24) is 20.1 Å². The number of benzene rings is 2. The van der Waals surface area contributed by atoms with Gasteiger partial charge in [-0.2, -0.15) is 0 Å². The predicted octanol–water partition coefficient (Wildman–Crippen LogP) is 3.81. The van der Waals surface area contributed by atoms with Crippen molar-refractivity contribution >= 4 is 29.3 Å². The van der Waals surface area contributed by atoms with Crippen LogP contribution in [0.1, 0.15) is 17.0 Å². The second-order valence-corrected chi connectivity index (χ2v) is 7.91. The number of rotatable bonds is 9. The van der Waals surface area contributed by atoms with E-state index in [1.807, 2.05) is 48.9 Å². The SMILES string of the molecule is Cc1cc(Cl)ccc1OCc1nnc(SCC(=O)NCCc2ccccc2)n1C. The highest BCUT2D eigenvalue weighted by Gasteiger charge is 2.12. The van der Waals surface area contributed by atoms with Crippen LogP contribution in [0.25, 0.3) is 0 Å². The topological polar surface area (TPSA) is 69.0 Å². The van der Waals surface area contributed by atoms with Crippen molar-refractivity contribution in [3.63, 3.8) is 0 Å².